The van der Waals surface area contributed by atoms with E-state index in [0.29, 0.717) is 0 Å². The van der Waals surface area contributed by atoms with Crippen LogP contribution in [0.15, 0.2) is 0 Å². The van der Waals surface area contributed by atoms with E-state index >= 15 is 0 Å². The minimum Gasteiger partial charge on any atom is -0.349 e. The molecule has 0 bridgehead atoms. The van der Waals surface area contributed by atoms with Crippen molar-refractivity contribution in [3.63, 3.8) is 0 Å². The van der Waals surface area contributed by atoms with Gasteiger partial charge in [0.15, 0.2) is 0 Å². The summed E-state index contributed by atoms with van der Waals surface area (Å²) in [6.07, 6.45) is 0. The third-order valence-electron chi connectivity index (χ3n) is 1.72. The van der Waals surface area contributed by atoms with E-state index in [1.807, 2.05) is 34.7 Å². The molecular weight excluding hydrogens is 176 g/mol. The molecule has 1 rings (SSSR count). The van der Waals surface area contributed by atoms with Crippen molar-refractivity contribution < 1.29 is 4.79 Å². The van der Waals surface area contributed by atoms with E-state index in [0.717, 1.165) is 13.1 Å². The van der Waals surface area contributed by atoms with Gasteiger partial charge in [0.05, 0.1) is 5.54 Å². The van der Waals surface area contributed by atoms with Crippen LogP contribution >= 0.6 is 0 Å². The summed E-state index contributed by atoms with van der Waals surface area (Å²) in [5, 5.41) is 2.91. The van der Waals surface area contributed by atoms with Crippen LogP contribution in [0.3, 0.4) is 0 Å². The molecule has 0 saturated carbocycles. The van der Waals surface area contributed by atoms with E-state index in [2.05, 4.69) is 17.1 Å². The van der Waals surface area contributed by atoms with Crippen LogP contribution in [0, 0.1) is 0 Å². The molecule has 0 aliphatic carbocycles. The maximum absolute atomic E-state index is 10.6. The molecule has 0 aromatic carbocycles. The highest BCUT2D eigenvalue weighted by Gasteiger charge is 2.36. The second kappa shape index (κ2) is 7.80. The van der Waals surface area contributed by atoms with Gasteiger partial charge in [-0.15, -0.1) is 0 Å². The zero-order valence-electron chi connectivity index (χ0n) is 10.8. The summed E-state index contributed by atoms with van der Waals surface area (Å²) in [7, 11) is 2.05. The average Bonchev–Trinajstić information content (AvgIpc) is 2.07. The van der Waals surface area contributed by atoms with Crippen LogP contribution in [-0.2, 0) is 4.79 Å². The van der Waals surface area contributed by atoms with Crippen molar-refractivity contribution in [3.05, 3.63) is 0 Å². The first-order valence-corrected chi connectivity index (χ1v) is 5.49. The summed E-state index contributed by atoms with van der Waals surface area (Å²) in [6, 6.07) is 0. The SMILES string of the molecule is CC.CC.CC(=O)NC1(C)CN(C)C1. The number of likely N-dealkylation sites (N-methyl/N-ethyl adjacent to an activating group) is 1. The second-order valence-corrected chi connectivity index (χ2v) is 3.41. The maximum Gasteiger partial charge on any atom is 0.217 e. The Morgan fingerprint density at radius 1 is 1.21 bits per heavy atom. The molecule has 86 valence electrons. The number of hydrogen-bond donors (Lipinski definition) is 1. The van der Waals surface area contributed by atoms with Crippen LogP contribution in [0.25, 0.3) is 0 Å². The Morgan fingerprint density at radius 3 is 1.79 bits per heavy atom. The largest absolute Gasteiger partial charge is 0.349 e. The van der Waals surface area contributed by atoms with Gasteiger partial charge in [0.2, 0.25) is 5.91 Å². The molecule has 3 nitrogen and oxygen atoms in total. The summed E-state index contributed by atoms with van der Waals surface area (Å²) in [4.78, 5) is 12.8. The number of nitrogens with one attached hydrogen (secondary N) is 1. The third kappa shape index (κ3) is 5.97. The van der Waals surface area contributed by atoms with Crippen molar-refractivity contribution in [1.29, 1.82) is 0 Å². The van der Waals surface area contributed by atoms with E-state index < -0.39 is 0 Å². The van der Waals surface area contributed by atoms with E-state index in [1.54, 1.807) is 6.92 Å². The summed E-state index contributed by atoms with van der Waals surface area (Å²) < 4.78 is 0. The van der Waals surface area contributed by atoms with E-state index in [9.17, 15) is 4.79 Å². The molecule has 0 unspecified atom stereocenters. The number of amides is 1. The molecule has 1 heterocycles. The monoisotopic (exact) mass is 202 g/mol. The first-order chi connectivity index (χ1) is 6.52. The van der Waals surface area contributed by atoms with Crippen LogP contribution in [0.2, 0.25) is 0 Å². The Morgan fingerprint density at radius 2 is 1.57 bits per heavy atom. The van der Waals surface area contributed by atoms with Crippen molar-refractivity contribution in [3.8, 4) is 0 Å². The molecule has 0 aromatic rings. The lowest BCUT2D eigenvalue weighted by Crippen LogP contribution is -2.66. The van der Waals surface area contributed by atoms with Gasteiger partial charge in [-0.2, -0.15) is 0 Å². The Bertz CT molecular complexity index is 151. The van der Waals surface area contributed by atoms with Crippen LogP contribution in [0.5, 0.6) is 0 Å². The number of carbonyl (C=O) groups is 1. The number of carbonyl (C=O) groups excluding carboxylic acids is 1. The van der Waals surface area contributed by atoms with Gasteiger partial charge in [-0.3, -0.25) is 4.79 Å². The first-order valence-electron chi connectivity index (χ1n) is 5.49. The Hall–Kier alpha value is -0.570. The summed E-state index contributed by atoms with van der Waals surface area (Å²) in [5.74, 6) is 0.0654. The van der Waals surface area contributed by atoms with Gasteiger partial charge in [0.25, 0.3) is 0 Å². The van der Waals surface area contributed by atoms with Crippen molar-refractivity contribution in [1.82, 2.24) is 10.2 Å². The molecule has 1 fully saturated rings. The predicted molar refractivity (Wildman–Crippen MR) is 62.4 cm³/mol. The Kier molecular flexibility index (Phi) is 8.85. The second-order valence-electron chi connectivity index (χ2n) is 3.41. The highest BCUT2D eigenvalue weighted by atomic mass is 16.1. The van der Waals surface area contributed by atoms with Gasteiger partial charge in [-0.1, -0.05) is 27.7 Å². The summed E-state index contributed by atoms with van der Waals surface area (Å²) in [6.45, 7) is 13.6. The molecule has 1 N–H and O–H groups in total. The zero-order chi connectivity index (χ0) is 11.8. The zero-order valence-corrected chi connectivity index (χ0v) is 10.8. The van der Waals surface area contributed by atoms with Gasteiger partial charge in [0, 0.05) is 20.0 Å². The normalized spacial score (nSPS) is 17.6. The van der Waals surface area contributed by atoms with E-state index in [1.165, 1.54) is 0 Å². The average molecular weight is 202 g/mol. The van der Waals surface area contributed by atoms with Crippen molar-refractivity contribution in [2.75, 3.05) is 20.1 Å². The van der Waals surface area contributed by atoms with Crippen LogP contribution in [0.1, 0.15) is 41.5 Å². The summed E-state index contributed by atoms with van der Waals surface area (Å²) in [5.41, 5.74) is 0.0422. The fraction of sp³-hybridized carbons (Fsp3) is 0.909. The van der Waals surface area contributed by atoms with Crippen molar-refractivity contribution in [2.45, 2.75) is 47.1 Å². The molecule has 1 aliphatic rings. The molecule has 0 radical (unpaired) electrons. The smallest absolute Gasteiger partial charge is 0.217 e. The predicted octanol–water partition coefficient (Wildman–Crippen LogP) is 1.88. The Balaban J connectivity index is 0. The lowest BCUT2D eigenvalue weighted by Gasteiger charge is -2.46. The van der Waals surface area contributed by atoms with E-state index in [-0.39, 0.29) is 11.4 Å². The first kappa shape index (κ1) is 15.9. The van der Waals surface area contributed by atoms with Gasteiger partial charge >= 0.3 is 0 Å². The number of nitrogens with zero attached hydrogens (tertiary/aromatic N) is 1. The highest BCUT2D eigenvalue weighted by Crippen LogP contribution is 2.17. The fourth-order valence-corrected chi connectivity index (χ4v) is 1.65. The minimum absolute atomic E-state index is 0.0422. The lowest BCUT2D eigenvalue weighted by molar-refractivity contribution is -0.122. The quantitative estimate of drug-likeness (QED) is 0.704. The molecule has 1 saturated heterocycles. The molecular formula is C11H26N2O. The molecule has 14 heavy (non-hydrogen) atoms. The number of hydrogen-bond acceptors (Lipinski definition) is 2. The third-order valence-corrected chi connectivity index (χ3v) is 1.72. The molecule has 0 atom stereocenters. The Labute approximate surface area is 88.9 Å². The molecule has 0 spiro atoms. The molecule has 0 aromatic heterocycles. The van der Waals surface area contributed by atoms with Gasteiger partial charge < -0.3 is 10.2 Å². The topological polar surface area (TPSA) is 32.3 Å². The lowest BCUT2D eigenvalue weighted by atomic mass is 9.93. The highest BCUT2D eigenvalue weighted by molar-refractivity contribution is 5.74. The van der Waals surface area contributed by atoms with Crippen LogP contribution < -0.4 is 5.32 Å². The fourth-order valence-electron chi connectivity index (χ4n) is 1.65. The van der Waals surface area contributed by atoms with E-state index in [4.69, 9.17) is 0 Å². The number of rotatable bonds is 1. The molecule has 1 amide bonds. The number of likely N-dealkylation sites (tertiary alicyclic amines) is 1. The molecule has 3 heteroatoms. The van der Waals surface area contributed by atoms with Gasteiger partial charge in [0.1, 0.15) is 0 Å². The summed E-state index contributed by atoms with van der Waals surface area (Å²) >= 11 is 0. The maximum atomic E-state index is 10.6. The minimum atomic E-state index is 0.0422. The molecule has 1 aliphatic heterocycles. The van der Waals surface area contributed by atoms with Crippen LogP contribution in [0.4, 0.5) is 0 Å². The van der Waals surface area contributed by atoms with Crippen molar-refractivity contribution in [2.24, 2.45) is 0 Å². The van der Waals surface area contributed by atoms with Gasteiger partial charge in [-0.05, 0) is 14.0 Å². The van der Waals surface area contributed by atoms with Crippen LogP contribution in [-0.4, -0.2) is 36.5 Å². The standard InChI is InChI=1S/C7H14N2O.2C2H6/c1-6(10)8-7(2)4-9(3)5-7;2*1-2/h4-5H2,1-3H3,(H,8,10);2*1-2H3. The van der Waals surface area contributed by atoms with Gasteiger partial charge in [-0.25, -0.2) is 0 Å². The van der Waals surface area contributed by atoms with Crippen molar-refractivity contribution >= 4 is 5.91 Å².